The molecule has 96 valence electrons. The number of aromatic nitrogens is 3. The van der Waals surface area contributed by atoms with Crippen LogP contribution in [0.15, 0.2) is 15.9 Å². The summed E-state index contributed by atoms with van der Waals surface area (Å²) in [6, 6.07) is 2.32. The standard InChI is InChI=1S/C12H15BrN4S/c1-8(14-7-10-9(13)4-6-18-10)12-16-15-11-3-2-5-17(11)12/h4,6,8,14H,2-3,5,7H2,1H3. The van der Waals surface area contributed by atoms with Crippen LogP contribution in [0.5, 0.6) is 0 Å². The number of hydrogen-bond donors (Lipinski definition) is 1. The van der Waals surface area contributed by atoms with Gasteiger partial charge in [0.05, 0.1) is 6.04 Å². The van der Waals surface area contributed by atoms with E-state index in [2.05, 4.69) is 54.4 Å². The van der Waals surface area contributed by atoms with Gasteiger partial charge in [-0.2, -0.15) is 0 Å². The Balaban J connectivity index is 1.68. The third-order valence-corrected chi connectivity index (χ3v) is 5.21. The lowest BCUT2D eigenvalue weighted by Crippen LogP contribution is -2.21. The van der Waals surface area contributed by atoms with Gasteiger partial charge in [0.2, 0.25) is 0 Å². The van der Waals surface area contributed by atoms with Crippen LogP contribution in [0.3, 0.4) is 0 Å². The van der Waals surface area contributed by atoms with Gasteiger partial charge in [0.25, 0.3) is 0 Å². The smallest absolute Gasteiger partial charge is 0.149 e. The molecule has 2 aromatic heterocycles. The number of rotatable bonds is 4. The maximum atomic E-state index is 4.30. The lowest BCUT2D eigenvalue weighted by Gasteiger charge is -2.13. The summed E-state index contributed by atoms with van der Waals surface area (Å²) in [6.07, 6.45) is 2.26. The number of aryl methyl sites for hydroxylation is 1. The lowest BCUT2D eigenvalue weighted by molar-refractivity contribution is 0.518. The zero-order valence-electron chi connectivity index (χ0n) is 10.2. The van der Waals surface area contributed by atoms with E-state index < -0.39 is 0 Å². The van der Waals surface area contributed by atoms with Crippen LogP contribution in [-0.2, 0) is 19.5 Å². The van der Waals surface area contributed by atoms with Gasteiger partial charge in [0.1, 0.15) is 11.6 Å². The molecule has 18 heavy (non-hydrogen) atoms. The van der Waals surface area contributed by atoms with Gasteiger partial charge in [-0.25, -0.2) is 0 Å². The van der Waals surface area contributed by atoms with E-state index in [1.165, 1.54) is 15.8 Å². The van der Waals surface area contributed by atoms with Crippen molar-refractivity contribution in [2.24, 2.45) is 0 Å². The van der Waals surface area contributed by atoms with E-state index in [0.717, 1.165) is 31.2 Å². The van der Waals surface area contributed by atoms with Crippen molar-refractivity contribution in [3.05, 3.63) is 32.4 Å². The summed E-state index contributed by atoms with van der Waals surface area (Å²) in [5.41, 5.74) is 0. The Hall–Kier alpha value is -0.720. The van der Waals surface area contributed by atoms with Crippen LogP contribution in [0.4, 0.5) is 0 Å². The highest BCUT2D eigenvalue weighted by Crippen LogP contribution is 2.24. The van der Waals surface area contributed by atoms with Gasteiger partial charge in [-0.3, -0.25) is 0 Å². The molecule has 0 spiro atoms. The number of fused-ring (bicyclic) bond motifs is 1. The van der Waals surface area contributed by atoms with E-state index in [1.807, 2.05) is 0 Å². The van der Waals surface area contributed by atoms with Crippen LogP contribution in [0.2, 0.25) is 0 Å². The van der Waals surface area contributed by atoms with E-state index in [1.54, 1.807) is 11.3 Å². The third kappa shape index (κ3) is 2.24. The molecule has 0 aliphatic carbocycles. The summed E-state index contributed by atoms with van der Waals surface area (Å²) in [5, 5.41) is 14.2. The zero-order chi connectivity index (χ0) is 12.5. The summed E-state index contributed by atoms with van der Waals surface area (Å²) in [7, 11) is 0. The monoisotopic (exact) mass is 326 g/mol. The molecule has 2 aromatic rings. The Morgan fingerprint density at radius 1 is 1.56 bits per heavy atom. The van der Waals surface area contributed by atoms with E-state index in [-0.39, 0.29) is 6.04 Å². The van der Waals surface area contributed by atoms with Crippen molar-refractivity contribution in [1.82, 2.24) is 20.1 Å². The minimum atomic E-state index is 0.235. The maximum Gasteiger partial charge on any atom is 0.149 e. The molecule has 0 fully saturated rings. The molecule has 0 saturated carbocycles. The van der Waals surface area contributed by atoms with Crippen molar-refractivity contribution in [2.45, 2.75) is 38.9 Å². The van der Waals surface area contributed by atoms with Gasteiger partial charge in [0, 0.05) is 28.9 Å². The quantitative estimate of drug-likeness (QED) is 0.939. The molecule has 0 radical (unpaired) electrons. The number of nitrogens with one attached hydrogen (secondary N) is 1. The molecular formula is C12H15BrN4S. The molecule has 1 N–H and O–H groups in total. The van der Waals surface area contributed by atoms with Gasteiger partial charge < -0.3 is 9.88 Å². The topological polar surface area (TPSA) is 42.7 Å². The summed E-state index contributed by atoms with van der Waals surface area (Å²) < 4.78 is 3.43. The Labute approximate surface area is 119 Å². The number of thiophene rings is 1. The number of nitrogens with zero attached hydrogens (tertiary/aromatic N) is 3. The molecule has 0 amide bonds. The first kappa shape index (κ1) is 12.3. The molecule has 4 nitrogen and oxygen atoms in total. The van der Waals surface area contributed by atoms with Gasteiger partial charge in [-0.15, -0.1) is 21.5 Å². The maximum absolute atomic E-state index is 4.30. The van der Waals surface area contributed by atoms with Gasteiger partial charge >= 0.3 is 0 Å². The fraction of sp³-hybridized carbons (Fsp3) is 0.500. The Kier molecular flexibility index (Phi) is 3.50. The zero-order valence-corrected chi connectivity index (χ0v) is 12.6. The minimum Gasteiger partial charge on any atom is -0.314 e. The summed E-state index contributed by atoms with van der Waals surface area (Å²) in [6.45, 7) is 4.07. The largest absolute Gasteiger partial charge is 0.314 e. The van der Waals surface area contributed by atoms with E-state index in [4.69, 9.17) is 0 Å². The van der Waals surface area contributed by atoms with E-state index >= 15 is 0 Å². The van der Waals surface area contributed by atoms with Crippen molar-refractivity contribution < 1.29 is 0 Å². The van der Waals surface area contributed by atoms with Crippen molar-refractivity contribution in [2.75, 3.05) is 0 Å². The highest BCUT2D eigenvalue weighted by Gasteiger charge is 2.21. The molecule has 1 unspecified atom stereocenters. The Bertz CT molecular complexity index is 548. The molecule has 6 heteroatoms. The second kappa shape index (κ2) is 5.11. The second-order valence-corrected chi connectivity index (χ2v) is 6.38. The van der Waals surface area contributed by atoms with Crippen LogP contribution in [0.25, 0.3) is 0 Å². The summed E-state index contributed by atoms with van der Waals surface area (Å²) in [4.78, 5) is 1.32. The Morgan fingerprint density at radius 2 is 2.44 bits per heavy atom. The minimum absolute atomic E-state index is 0.235. The van der Waals surface area contributed by atoms with Gasteiger partial charge in [-0.1, -0.05) is 0 Å². The van der Waals surface area contributed by atoms with Crippen molar-refractivity contribution in [1.29, 1.82) is 0 Å². The first-order valence-electron chi connectivity index (χ1n) is 6.13. The van der Waals surface area contributed by atoms with E-state index in [0.29, 0.717) is 0 Å². The molecule has 0 aromatic carbocycles. The molecule has 0 bridgehead atoms. The summed E-state index contributed by atoms with van der Waals surface area (Å²) in [5.74, 6) is 2.20. The lowest BCUT2D eigenvalue weighted by atomic mass is 10.3. The average molecular weight is 327 g/mol. The normalized spacial score (nSPS) is 15.9. The molecule has 1 aliphatic heterocycles. The van der Waals surface area contributed by atoms with Crippen molar-refractivity contribution >= 4 is 27.3 Å². The van der Waals surface area contributed by atoms with Crippen molar-refractivity contribution in [3.63, 3.8) is 0 Å². The van der Waals surface area contributed by atoms with Crippen LogP contribution >= 0.6 is 27.3 Å². The SMILES string of the molecule is CC(NCc1sccc1Br)c1nnc2n1CCC2. The molecular weight excluding hydrogens is 312 g/mol. The molecule has 0 saturated heterocycles. The molecule has 1 aliphatic rings. The van der Waals surface area contributed by atoms with E-state index in [9.17, 15) is 0 Å². The molecule has 3 heterocycles. The van der Waals surface area contributed by atoms with Gasteiger partial charge in [0.15, 0.2) is 0 Å². The average Bonchev–Trinajstić information content (AvgIpc) is 3.01. The first-order valence-corrected chi connectivity index (χ1v) is 7.80. The highest BCUT2D eigenvalue weighted by atomic mass is 79.9. The fourth-order valence-electron chi connectivity index (χ4n) is 2.28. The summed E-state index contributed by atoms with van der Waals surface area (Å²) >= 11 is 5.31. The van der Waals surface area contributed by atoms with Crippen LogP contribution in [0.1, 0.15) is 35.9 Å². The van der Waals surface area contributed by atoms with Crippen LogP contribution in [0, 0.1) is 0 Å². The number of halogens is 1. The van der Waals surface area contributed by atoms with Crippen LogP contribution in [-0.4, -0.2) is 14.8 Å². The van der Waals surface area contributed by atoms with Crippen LogP contribution < -0.4 is 5.32 Å². The fourth-order valence-corrected chi connectivity index (χ4v) is 3.73. The van der Waals surface area contributed by atoms with Crippen molar-refractivity contribution in [3.8, 4) is 0 Å². The number of hydrogen-bond acceptors (Lipinski definition) is 4. The predicted octanol–water partition coefficient (Wildman–Crippen LogP) is 2.90. The molecule has 3 rings (SSSR count). The predicted molar refractivity (Wildman–Crippen MR) is 75.6 cm³/mol. The Morgan fingerprint density at radius 3 is 3.22 bits per heavy atom. The third-order valence-electron chi connectivity index (χ3n) is 3.29. The van der Waals surface area contributed by atoms with Gasteiger partial charge in [-0.05, 0) is 40.7 Å². The first-order chi connectivity index (χ1) is 8.75. The molecule has 1 atom stereocenters. The second-order valence-electron chi connectivity index (χ2n) is 4.52. The highest BCUT2D eigenvalue weighted by molar-refractivity contribution is 9.10.